The third kappa shape index (κ3) is 3.13. The van der Waals surface area contributed by atoms with Crippen molar-refractivity contribution in [3.63, 3.8) is 0 Å². The molecule has 1 heterocycles. The summed E-state index contributed by atoms with van der Waals surface area (Å²) in [4.78, 5) is 0. The smallest absolute Gasteiger partial charge is 0.127 e. The lowest BCUT2D eigenvalue weighted by atomic mass is 9.68. The summed E-state index contributed by atoms with van der Waals surface area (Å²) in [5.74, 6) is -5.32. The Hall–Kier alpha value is -1.44. The molecule has 1 aromatic rings. The Labute approximate surface area is 150 Å². The Morgan fingerprint density at radius 2 is 2.22 bits per heavy atom. The fraction of sp³-hybridized carbons (Fsp3) is 0.619. The van der Waals surface area contributed by atoms with E-state index in [0.29, 0.717) is 17.6 Å². The van der Waals surface area contributed by atoms with E-state index in [0.717, 1.165) is 19.3 Å². The molecule has 1 N–H and O–H groups in total. The average molecular weight is 322 g/mol. The lowest BCUT2D eigenvalue weighted by Crippen LogP contribution is -2.45. The third-order valence-corrected chi connectivity index (χ3v) is 4.36. The van der Waals surface area contributed by atoms with Crippen LogP contribution in [-0.2, 0) is 6.42 Å². The van der Waals surface area contributed by atoms with E-state index in [1.165, 1.54) is 13.8 Å². The van der Waals surface area contributed by atoms with E-state index in [4.69, 9.17) is 11.6 Å². The van der Waals surface area contributed by atoms with Crippen LogP contribution in [-0.4, -0.2) is 10.7 Å². The van der Waals surface area contributed by atoms with E-state index < -0.39 is 29.5 Å². The molecule has 2 heteroatoms. The van der Waals surface area contributed by atoms with Crippen LogP contribution in [0.25, 0.3) is 0 Å². The van der Waals surface area contributed by atoms with Gasteiger partial charge in [-0.3, -0.25) is 0 Å². The maximum atomic E-state index is 11.0. The van der Waals surface area contributed by atoms with Crippen molar-refractivity contribution in [2.24, 2.45) is 5.89 Å². The first kappa shape index (κ1) is 9.76. The van der Waals surface area contributed by atoms with Crippen molar-refractivity contribution < 1.29 is 19.4 Å². The van der Waals surface area contributed by atoms with Gasteiger partial charge in [0.05, 0.1) is 4.11 Å². The molecule has 1 aliphatic carbocycles. The van der Waals surface area contributed by atoms with E-state index in [1.54, 1.807) is 6.92 Å². The van der Waals surface area contributed by atoms with E-state index in [2.05, 4.69) is 0 Å². The maximum Gasteiger partial charge on any atom is 0.127 e. The van der Waals surface area contributed by atoms with Gasteiger partial charge in [-0.15, -0.1) is 0 Å². The van der Waals surface area contributed by atoms with Gasteiger partial charge < -0.3 is 9.84 Å². The lowest BCUT2D eigenvalue weighted by molar-refractivity contribution is 0.0107. The minimum absolute atomic E-state index is 0.117. The van der Waals surface area contributed by atoms with Crippen molar-refractivity contribution in [3.05, 3.63) is 34.8 Å². The summed E-state index contributed by atoms with van der Waals surface area (Å²) in [7, 11) is 0. The van der Waals surface area contributed by atoms with Crippen LogP contribution in [0.5, 0.6) is 11.5 Å². The van der Waals surface area contributed by atoms with E-state index in [1.807, 2.05) is 6.92 Å². The minimum atomic E-state index is -2.33. The molecule has 23 heavy (non-hydrogen) atoms. The van der Waals surface area contributed by atoms with Crippen molar-refractivity contribution in [2.45, 2.75) is 77.7 Å². The summed E-state index contributed by atoms with van der Waals surface area (Å²) < 4.78 is 67.5. The van der Waals surface area contributed by atoms with Gasteiger partial charge in [-0.2, -0.15) is 0 Å². The quantitative estimate of drug-likeness (QED) is 0.566. The Bertz CT molecular complexity index is 925. The van der Waals surface area contributed by atoms with E-state index in [9.17, 15) is 7.85 Å². The number of benzene rings is 1. The average Bonchev–Trinajstić information content (AvgIpc) is 2.64. The molecule has 2 aliphatic rings. The summed E-state index contributed by atoms with van der Waals surface area (Å²) in [5.41, 5.74) is -1.25. The van der Waals surface area contributed by atoms with Crippen LogP contribution in [0.3, 0.4) is 0 Å². The molecule has 0 spiro atoms. The molecular formula is C21H30O2. The van der Waals surface area contributed by atoms with Gasteiger partial charge in [-0.25, -0.2) is 0 Å². The van der Waals surface area contributed by atoms with Crippen molar-refractivity contribution >= 4 is 0 Å². The molecule has 0 amide bonds. The first-order chi connectivity index (χ1) is 13.7. The summed E-state index contributed by atoms with van der Waals surface area (Å²) in [5, 5.41) is 11.0. The molecule has 2 atom stereocenters. The molecule has 0 saturated heterocycles. The number of phenols is 1. The molecule has 0 saturated carbocycles. The number of unbranched alkanes of at least 4 members (excludes halogenated alkanes) is 2. The van der Waals surface area contributed by atoms with Crippen LogP contribution in [0.15, 0.2) is 23.7 Å². The molecule has 1 aromatic carbocycles. The Morgan fingerprint density at radius 1 is 1.43 bits per heavy atom. The predicted molar refractivity (Wildman–Crippen MR) is 95.3 cm³/mol. The molecule has 2 nitrogen and oxygen atoms in total. The van der Waals surface area contributed by atoms with Crippen molar-refractivity contribution in [1.29, 1.82) is 0 Å². The number of aromatic hydroxyl groups is 1. The molecule has 1 aliphatic heterocycles. The van der Waals surface area contributed by atoms with Crippen molar-refractivity contribution in [1.82, 2.24) is 0 Å². The van der Waals surface area contributed by atoms with Gasteiger partial charge in [0.25, 0.3) is 0 Å². The zero-order chi connectivity index (χ0) is 22.9. The van der Waals surface area contributed by atoms with Gasteiger partial charge in [0.1, 0.15) is 17.1 Å². The van der Waals surface area contributed by atoms with E-state index >= 15 is 0 Å². The summed E-state index contributed by atoms with van der Waals surface area (Å²) in [6.07, 6.45) is 0.558. The van der Waals surface area contributed by atoms with Gasteiger partial charge in [-0.1, -0.05) is 31.4 Å². The fourth-order valence-electron chi connectivity index (χ4n) is 3.17. The highest BCUT2D eigenvalue weighted by Crippen LogP contribution is 2.53. The summed E-state index contributed by atoms with van der Waals surface area (Å²) in [6.45, 7) is 6.59. The molecular weight excluding hydrogens is 284 g/mol. The number of ether oxygens (including phenoxy) is 1. The van der Waals surface area contributed by atoms with Crippen LogP contribution in [0, 0.1) is 5.89 Å². The normalized spacial score (nSPS) is 38.5. The van der Waals surface area contributed by atoms with Crippen LogP contribution in [0.4, 0.5) is 0 Å². The Balaban J connectivity index is 2.41. The molecule has 0 aromatic heterocycles. The molecule has 3 rings (SSSR count). The standard InChI is InChI=1S/C21H30O2/c1-5-6-7-8-15-12-18(22)20-16-11-14(2)9-10-17(16)21(3,4)23-19(20)13-15/h11-13,16-17,22H,5-10H2,1-4H3/t16-,17-/m1/s1/i10D2,11D,12D,13D,16D,17D. The second-order valence-electron chi connectivity index (χ2n) is 6.86. The SMILES string of the molecule is [2H]C1=C(C)CC([2H])([2H])[C@@]2([2H])C(C)(C)Oc3c([2H])c(CCCCC)c([2H])c(O)c3[C@]12[2H]. The number of hydrogen-bond acceptors (Lipinski definition) is 2. The number of rotatable bonds is 4. The fourth-order valence-corrected chi connectivity index (χ4v) is 3.17. The zero-order valence-corrected chi connectivity index (χ0v) is 14.4. The largest absolute Gasteiger partial charge is 0.507 e. The van der Waals surface area contributed by atoms with Crippen LogP contribution in [0.2, 0.25) is 0 Å². The number of phenolic OH excluding ortho intramolecular Hbond substituents is 1. The number of allylic oxidation sites excluding steroid dienone is 2. The van der Waals surface area contributed by atoms with Gasteiger partial charge in [0.2, 0.25) is 0 Å². The number of hydrogen-bond donors (Lipinski definition) is 1. The third-order valence-electron chi connectivity index (χ3n) is 4.36. The number of fused-ring (bicyclic) bond motifs is 3. The molecule has 126 valence electrons. The summed E-state index contributed by atoms with van der Waals surface area (Å²) in [6, 6.07) is -0.705. The second kappa shape index (κ2) is 6.22. The van der Waals surface area contributed by atoms with E-state index in [-0.39, 0.29) is 35.9 Å². The maximum absolute atomic E-state index is 11.0. The molecule has 0 fully saturated rings. The zero-order valence-electron chi connectivity index (χ0n) is 21.4. The highest BCUT2D eigenvalue weighted by molar-refractivity contribution is 5.53. The van der Waals surface area contributed by atoms with Gasteiger partial charge >= 0.3 is 0 Å². The molecule has 0 unspecified atom stereocenters. The highest BCUT2D eigenvalue weighted by Gasteiger charge is 2.45. The Kier molecular flexibility index (Phi) is 2.64. The van der Waals surface area contributed by atoms with Gasteiger partial charge in [0.15, 0.2) is 0 Å². The van der Waals surface area contributed by atoms with Crippen molar-refractivity contribution in [3.8, 4) is 11.5 Å². The molecule has 0 radical (unpaired) electrons. The van der Waals surface area contributed by atoms with Crippen LogP contribution >= 0.6 is 0 Å². The highest BCUT2D eigenvalue weighted by atomic mass is 16.5. The van der Waals surface area contributed by atoms with Crippen LogP contribution in [0.1, 0.15) is 86.4 Å². The monoisotopic (exact) mass is 321 g/mol. The van der Waals surface area contributed by atoms with Crippen molar-refractivity contribution in [2.75, 3.05) is 0 Å². The summed E-state index contributed by atoms with van der Waals surface area (Å²) >= 11 is 0. The first-order valence-electron chi connectivity index (χ1n) is 11.9. The molecule has 0 bridgehead atoms. The minimum Gasteiger partial charge on any atom is -0.507 e. The first-order valence-corrected chi connectivity index (χ1v) is 8.40. The topological polar surface area (TPSA) is 29.5 Å². The second-order valence-corrected chi connectivity index (χ2v) is 6.86. The Morgan fingerprint density at radius 3 is 2.96 bits per heavy atom. The predicted octanol–water partition coefficient (Wildman–Crippen LogP) is 5.74. The lowest BCUT2D eigenvalue weighted by Gasteiger charge is -2.46. The van der Waals surface area contributed by atoms with Gasteiger partial charge in [-0.05, 0) is 64.1 Å². The van der Waals surface area contributed by atoms with Crippen LogP contribution < -0.4 is 4.74 Å². The van der Waals surface area contributed by atoms with Gasteiger partial charge in [0, 0.05) is 22.8 Å².